The van der Waals surface area contributed by atoms with Crippen molar-refractivity contribution in [1.82, 2.24) is 9.88 Å². The summed E-state index contributed by atoms with van der Waals surface area (Å²) in [7, 11) is 1.61. The van der Waals surface area contributed by atoms with Crippen molar-refractivity contribution in [2.75, 3.05) is 7.11 Å². The monoisotopic (exact) mass is 382 g/mol. The Hall–Kier alpha value is -2.64. The molecule has 0 saturated carbocycles. The van der Waals surface area contributed by atoms with E-state index in [1.54, 1.807) is 25.5 Å². The number of benzene rings is 1. The van der Waals surface area contributed by atoms with E-state index < -0.39 is 0 Å². The lowest BCUT2D eigenvalue weighted by Crippen LogP contribution is -2.27. The number of thiocarbonyl (C=S) groups is 1. The third-order valence-corrected chi connectivity index (χ3v) is 5.35. The molecule has 4 rings (SSSR count). The summed E-state index contributed by atoms with van der Waals surface area (Å²) in [5.74, 6) is 1.25. The van der Waals surface area contributed by atoms with Gasteiger partial charge in [0.25, 0.3) is 5.91 Å². The van der Waals surface area contributed by atoms with Gasteiger partial charge < -0.3 is 9.15 Å². The summed E-state index contributed by atoms with van der Waals surface area (Å²) >= 11 is 6.62. The second-order valence-electron chi connectivity index (χ2n) is 5.62. The number of carbonyl (C=O) groups excluding carboxylic acids is 1. The SMILES string of the molecule is COc1cccc2ccc(/C=C3\SC(=S)N(Cc4ccco4)C3=O)nc12. The van der Waals surface area contributed by atoms with Crippen LogP contribution in [-0.2, 0) is 11.3 Å². The number of nitrogens with zero attached hydrogens (tertiary/aromatic N) is 2. The number of aromatic nitrogens is 1. The van der Waals surface area contributed by atoms with Crippen LogP contribution in [0.15, 0.2) is 58.1 Å². The molecule has 1 aliphatic heterocycles. The van der Waals surface area contributed by atoms with E-state index in [0.29, 0.717) is 33.0 Å². The summed E-state index contributed by atoms with van der Waals surface area (Å²) in [6.45, 7) is 0.327. The van der Waals surface area contributed by atoms with Crippen molar-refractivity contribution < 1.29 is 13.9 Å². The third-order valence-electron chi connectivity index (χ3n) is 3.97. The predicted octanol–water partition coefficient (Wildman–Crippen LogP) is 4.24. The number of hydrogen-bond donors (Lipinski definition) is 0. The maximum atomic E-state index is 12.7. The fraction of sp³-hybridized carbons (Fsp3) is 0.105. The molecule has 0 atom stereocenters. The highest BCUT2D eigenvalue weighted by atomic mass is 32.2. The van der Waals surface area contributed by atoms with Gasteiger partial charge in [-0.2, -0.15) is 0 Å². The Balaban J connectivity index is 1.65. The first kappa shape index (κ1) is 16.8. The van der Waals surface area contributed by atoms with Crippen LogP contribution in [0.1, 0.15) is 11.5 Å². The number of ether oxygens (including phenoxy) is 1. The van der Waals surface area contributed by atoms with E-state index >= 15 is 0 Å². The predicted molar refractivity (Wildman–Crippen MR) is 106 cm³/mol. The van der Waals surface area contributed by atoms with E-state index in [1.165, 1.54) is 16.7 Å². The number of amides is 1. The molecular formula is C19H14N2O3S2. The van der Waals surface area contributed by atoms with E-state index in [2.05, 4.69) is 4.98 Å². The van der Waals surface area contributed by atoms with E-state index in [9.17, 15) is 4.79 Å². The van der Waals surface area contributed by atoms with Gasteiger partial charge in [0.15, 0.2) is 0 Å². The number of fused-ring (bicyclic) bond motifs is 1. The number of hydrogen-bond acceptors (Lipinski definition) is 6. The van der Waals surface area contributed by atoms with Crippen molar-refractivity contribution in [1.29, 1.82) is 0 Å². The van der Waals surface area contributed by atoms with Gasteiger partial charge in [-0.25, -0.2) is 4.98 Å². The molecule has 0 bridgehead atoms. The minimum atomic E-state index is -0.140. The summed E-state index contributed by atoms with van der Waals surface area (Å²) < 4.78 is 11.2. The Morgan fingerprint density at radius 1 is 1.27 bits per heavy atom. The number of methoxy groups -OCH3 is 1. The van der Waals surface area contributed by atoms with Crippen LogP contribution in [-0.4, -0.2) is 27.2 Å². The first-order valence-corrected chi connectivity index (χ1v) is 9.10. The molecule has 3 heterocycles. The van der Waals surface area contributed by atoms with Crippen LogP contribution in [0.4, 0.5) is 0 Å². The quantitative estimate of drug-likeness (QED) is 0.497. The lowest BCUT2D eigenvalue weighted by Gasteiger charge is -2.11. The summed E-state index contributed by atoms with van der Waals surface area (Å²) in [6, 6.07) is 13.2. The molecule has 0 N–H and O–H groups in total. The average Bonchev–Trinajstić information content (AvgIpc) is 3.25. The number of pyridine rings is 1. The number of carbonyl (C=O) groups is 1. The van der Waals surface area contributed by atoms with Crippen molar-refractivity contribution in [3.63, 3.8) is 0 Å². The minimum Gasteiger partial charge on any atom is -0.494 e. The molecule has 0 aliphatic carbocycles. The van der Waals surface area contributed by atoms with Crippen LogP contribution in [0.2, 0.25) is 0 Å². The maximum absolute atomic E-state index is 12.7. The molecule has 2 aromatic heterocycles. The second kappa shape index (κ2) is 6.93. The summed E-state index contributed by atoms with van der Waals surface area (Å²) in [5, 5.41) is 0.979. The fourth-order valence-electron chi connectivity index (χ4n) is 2.71. The molecule has 7 heteroatoms. The normalized spacial score (nSPS) is 16.0. The molecule has 1 aromatic carbocycles. The number of para-hydroxylation sites is 1. The standard InChI is InChI=1S/C19H14N2O3S2/c1-23-15-6-2-4-12-7-8-13(20-17(12)15)10-16-18(22)21(19(25)26-16)11-14-5-3-9-24-14/h2-10H,11H2,1H3/b16-10-. The van der Waals surface area contributed by atoms with E-state index in [1.807, 2.05) is 36.4 Å². The Morgan fingerprint density at radius 3 is 2.92 bits per heavy atom. The van der Waals surface area contributed by atoms with Crippen molar-refractivity contribution in [2.45, 2.75) is 6.54 Å². The minimum absolute atomic E-state index is 0.140. The Labute approximate surface area is 159 Å². The van der Waals surface area contributed by atoms with Gasteiger partial charge in [0.05, 0.1) is 30.5 Å². The van der Waals surface area contributed by atoms with Gasteiger partial charge >= 0.3 is 0 Å². The van der Waals surface area contributed by atoms with E-state index in [4.69, 9.17) is 21.4 Å². The molecule has 1 fully saturated rings. The molecule has 0 spiro atoms. The first-order valence-electron chi connectivity index (χ1n) is 7.87. The zero-order chi connectivity index (χ0) is 18.1. The lowest BCUT2D eigenvalue weighted by atomic mass is 10.2. The summed E-state index contributed by atoms with van der Waals surface area (Å²) in [5.41, 5.74) is 1.44. The first-order chi connectivity index (χ1) is 12.7. The molecular weight excluding hydrogens is 368 g/mol. The average molecular weight is 382 g/mol. The maximum Gasteiger partial charge on any atom is 0.266 e. The van der Waals surface area contributed by atoms with Crippen molar-refractivity contribution in [2.24, 2.45) is 0 Å². The highest BCUT2D eigenvalue weighted by molar-refractivity contribution is 8.26. The van der Waals surface area contributed by atoms with Gasteiger partial charge in [-0.3, -0.25) is 9.69 Å². The van der Waals surface area contributed by atoms with Crippen molar-refractivity contribution in [3.05, 3.63) is 65.1 Å². The summed E-state index contributed by atoms with van der Waals surface area (Å²) in [4.78, 5) is 19.4. The van der Waals surface area contributed by atoms with Gasteiger partial charge in [0.1, 0.15) is 21.3 Å². The molecule has 26 heavy (non-hydrogen) atoms. The number of thioether (sulfide) groups is 1. The smallest absolute Gasteiger partial charge is 0.266 e. The van der Waals surface area contributed by atoms with Crippen LogP contribution < -0.4 is 4.74 Å². The Bertz CT molecular complexity index is 1030. The molecule has 1 amide bonds. The zero-order valence-corrected chi connectivity index (χ0v) is 15.5. The van der Waals surface area contributed by atoms with Crippen molar-refractivity contribution in [3.8, 4) is 5.75 Å². The largest absolute Gasteiger partial charge is 0.494 e. The van der Waals surface area contributed by atoms with Gasteiger partial charge in [-0.15, -0.1) is 0 Å². The van der Waals surface area contributed by atoms with Gasteiger partial charge in [0.2, 0.25) is 0 Å². The Kier molecular flexibility index (Phi) is 4.48. The van der Waals surface area contributed by atoms with Crippen LogP contribution >= 0.6 is 24.0 Å². The second-order valence-corrected chi connectivity index (χ2v) is 7.29. The van der Waals surface area contributed by atoms with Crippen LogP contribution in [0, 0.1) is 0 Å². The van der Waals surface area contributed by atoms with Crippen molar-refractivity contribution >= 4 is 51.2 Å². The molecule has 1 aliphatic rings. The Morgan fingerprint density at radius 2 is 2.15 bits per heavy atom. The molecule has 5 nitrogen and oxygen atoms in total. The summed E-state index contributed by atoms with van der Waals surface area (Å²) in [6.07, 6.45) is 3.34. The lowest BCUT2D eigenvalue weighted by molar-refractivity contribution is -0.122. The zero-order valence-electron chi connectivity index (χ0n) is 13.8. The van der Waals surface area contributed by atoms with Crippen LogP contribution in [0.5, 0.6) is 5.75 Å². The molecule has 0 radical (unpaired) electrons. The molecule has 1 saturated heterocycles. The molecule has 0 unspecified atom stereocenters. The van der Waals surface area contributed by atoms with Gasteiger partial charge in [0, 0.05) is 5.39 Å². The van der Waals surface area contributed by atoms with Gasteiger partial charge in [-0.1, -0.05) is 42.2 Å². The highest BCUT2D eigenvalue weighted by Crippen LogP contribution is 2.34. The third kappa shape index (κ3) is 3.11. The fourth-order valence-corrected chi connectivity index (χ4v) is 3.95. The topological polar surface area (TPSA) is 55.6 Å². The van der Waals surface area contributed by atoms with E-state index in [-0.39, 0.29) is 5.91 Å². The molecule has 3 aromatic rings. The molecule has 130 valence electrons. The van der Waals surface area contributed by atoms with Crippen LogP contribution in [0.25, 0.3) is 17.0 Å². The highest BCUT2D eigenvalue weighted by Gasteiger charge is 2.32. The van der Waals surface area contributed by atoms with Gasteiger partial charge in [-0.05, 0) is 30.3 Å². The van der Waals surface area contributed by atoms with Crippen LogP contribution in [0.3, 0.4) is 0 Å². The number of furan rings is 1. The number of rotatable bonds is 4. The van der Waals surface area contributed by atoms with E-state index in [0.717, 1.165) is 10.9 Å².